The van der Waals surface area contributed by atoms with Crippen molar-refractivity contribution >= 4 is 11.4 Å². The van der Waals surface area contributed by atoms with Crippen LogP contribution in [0.3, 0.4) is 0 Å². The number of fused-ring (bicyclic) bond motifs is 1. The van der Waals surface area contributed by atoms with Crippen LogP contribution in [0.15, 0.2) is 78.9 Å². The summed E-state index contributed by atoms with van der Waals surface area (Å²) in [5, 5.41) is 0. The lowest BCUT2D eigenvalue weighted by Crippen LogP contribution is -2.12. The smallest absolute Gasteiger partial charge is 0.231 e. The van der Waals surface area contributed by atoms with Crippen LogP contribution in [0.2, 0.25) is 0 Å². The van der Waals surface area contributed by atoms with Gasteiger partial charge in [0.25, 0.3) is 0 Å². The van der Waals surface area contributed by atoms with E-state index in [0.717, 1.165) is 46.1 Å². The minimum Gasteiger partial charge on any atom is -0.457 e. The Kier molecular flexibility index (Phi) is 4.53. The van der Waals surface area contributed by atoms with E-state index < -0.39 is 0 Å². The van der Waals surface area contributed by atoms with E-state index >= 15 is 0 Å². The van der Waals surface area contributed by atoms with Crippen LogP contribution in [0.4, 0.5) is 0 Å². The molecule has 0 aromatic heterocycles. The molecule has 1 atom stereocenters. The Bertz CT molecular complexity index is 1080. The zero-order chi connectivity index (χ0) is 19.6. The maximum atomic E-state index is 12.6. The summed E-state index contributed by atoms with van der Waals surface area (Å²) in [5.74, 6) is 3.26. The fraction of sp³-hybridized carbons (Fsp3) is 0.160. The van der Waals surface area contributed by atoms with Gasteiger partial charge >= 0.3 is 0 Å². The molecule has 0 bridgehead atoms. The van der Waals surface area contributed by atoms with Gasteiger partial charge in [-0.1, -0.05) is 42.5 Å². The number of allylic oxidation sites excluding steroid dienone is 2. The Hall–Kier alpha value is -3.53. The maximum Gasteiger partial charge on any atom is 0.231 e. The van der Waals surface area contributed by atoms with E-state index in [-0.39, 0.29) is 18.5 Å². The van der Waals surface area contributed by atoms with E-state index in [1.807, 2.05) is 72.8 Å². The van der Waals surface area contributed by atoms with Crippen molar-refractivity contribution in [1.82, 2.24) is 0 Å². The van der Waals surface area contributed by atoms with Gasteiger partial charge in [0.05, 0.1) is 0 Å². The lowest BCUT2D eigenvalue weighted by molar-refractivity contribution is -0.115. The van der Waals surface area contributed by atoms with Gasteiger partial charge < -0.3 is 14.2 Å². The van der Waals surface area contributed by atoms with Crippen molar-refractivity contribution in [3.8, 4) is 23.0 Å². The minimum absolute atomic E-state index is 0.0989. The molecule has 1 aliphatic carbocycles. The first-order valence-electron chi connectivity index (χ1n) is 9.71. The van der Waals surface area contributed by atoms with Gasteiger partial charge in [-0.05, 0) is 59.9 Å². The molecule has 1 heterocycles. The number of carbonyl (C=O) groups excluding carboxylic acids is 1. The monoisotopic (exact) mass is 384 g/mol. The second kappa shape index (κ2) is 7.47. The van der Waals surface area contributed by atoms with Crippen LogP contribution in [-0.2, 0) is 4.79 Å². The maximum absolute atomic E-state index is 12.6. The molecular formula is C25H20O4. The van der Waals surface area contributed by atoms with Gasteiger partial charge in [-0.15, -0.1) is 0 Å². The van der Waals surface area contributed by atoms with Crippen molar-refractivity contribution in [3.05, 3.63) is 90.0 Å². The molecule has 0 amide bonds. The molecule has 0 saturated heterocycles. The number of benzene rings is 3. The third kappa shape index (κ3) is 3.61. The van der Waals surface area contributed by atoms with Crippen LogP contribution in [0.1, 0.15) is 29.9 Å². The molecule has 2 aliphatic rings. The molecule has 0 radical (unpaired) electrons. The third-order valence-electron chi connectivity index (χ3n) is 5.32. The highest BCUT2D eigenvalue weighted by Crippen LogP contribution is 2.42. The largest absolute Gasteiger partial charge is 0.457 e. The summed E-state index contributed by atoms with van der Waals surface area (Å²) in [7, 11) is 0. The number of hydrogen-bond acceptors (Lipinski definition) is 4. The normalized spacial score (nSPS) is 17.7. The van der Waals surface area contributed by atoms with Crippen LogP contribution in [0.25, 0.3) is 5.57 Å². The van der Waals surface area contributed by atoms with Crippen LogP contribution in [0, 0.1) is 0 Å². The van der Waals surface area contributed by atoms with Crippen LogP contribution in [-0.4, -0.2) is 12.6 Å². The second-order valence-electron chi connectivity index (χ2n) is 7.27. The molecular weight excluding hydrogens is 364 g/mol. The van der Waals surface area contributed by atoms with E-state index in [9.17, 15) is 4.79 Å². The summed E-state index contributed by atoms with van der Waals surface area (Å²) in [6.07, 6.45) is 3.02. The first kappa shape index (κ1) is 17.6. The summed E-state index contributed by atoms with van der Waals surface area (Å²) in [5.41, 5.74) is 3.04. The Morgan fingerprint density at radius 3 is 2.52 bits per heavy atom. The van der Waals surface area contributed by atoms with Crippen molar-refractivity contribution in [1.29, 1.82) is 0 Å². The van der Waals surface area contributed by atoms with Crippen LogP contribution in [0.5, 0.6) is 23.0 Å². The number of carbonyl (C=O) groups is 1. The summed E-state index contributed by atoms with van der Waals surface area (Å²) in [4.78, 5) is 12.6. The summed E-state index contributed by atoms with van der Waals surface area (Å²) in [6, 6.07) is 23.5. The molecule has 5 rings (SSSR count). The second-order valence-corrected chi connectivity index (χ2v) is 7.27. The van der Waals surface area contributed by atoms with Crippen molar-refractivity contribution in [2.24, 2.45) is 0 Å². The highest BCUT2D eigenvalue weighted by Gasteiger charge is 2.26. The molecule has 3 aromatic rings. The predicted molar refractivity (Wildman–Crippen MR) is 110 cm³/mol. The van der Waals surface area contributed by atoms with Gasteiger partial charge in [0.1, 0.15) is 11.5 Å². The Morgan fingerprint density at radius 1 is 0.828 bits per heavy atom. The van der Waals surface area contributed by atoms with E-state index in [1.54, 1.807) is 6.08 Å². The standard InChI is InChI=1S/C25H20O4/c26-20-13-18(17-10-11-24-25(15-17)28-16-27-24)12-19(14-20)22-8-4-5-9-23(22)29-21-6-2-1-3-7-21/h1-11,14-15,18H,12-13,16H2/t18-/m1/s1. The average Bonchev–Trinajstić information content (AvgIpc) is 3.22. The molecule has 0 N–H and O–H groups in total. The number of ether oxygens (including phenoxy) is 3. The fourth-order valence-electron chi connectivity index (χ4n) is 3.92. The van der Waals surface area contributed by atoms with E-state index in [4.69, 9.17) is 14.2 Å². The number of ketones is 1. The highest BCUT2D eigenvalue weighted by molar-refractivity contribution is 6.00. The fourth-order valence-corrected chi connectivity index (χ4v) is 3.92. The quantitative estimate of drug-likeness (QED) is 0.576. The average molecular weight is 384 g/mol. The molecule has 4 heteroatoms. The SMILES string of the molecule is O=C1C=C(c2ccccc2Oc2ccccc2)C[C@@H](c2ccc3c(c2)OCO3)C1. The van der Waals surface area contributed by atoms with Crippen molar-refractivity contribution in [2.45, 2.75) is 18.8 Å². The molecule has 144 valence electrons. The highest BCUT2D eigenvalue weighted by atomic mass is 16.7. The van der Waals surface area contributed by atoms with Crippen molar-refractivity contribution in [3.63, 3.8) is 0 Å². The van der Waals surface area contributed by atoms with E-state index in [1.165, 1.54) is 0 Å². The Balaban J connectivity index is 1.45. The van der Waals surface area contributed by atoms with E-state index in [2.05, 4.69) is 0 Å². The molecule has 4 nitrogen and oxygen atoms in total. The van der Waals surface area contributed by atoms with Crippen molar-refractivity contribution in [2.75, 3.05) is 6.79 Å². The first-order valence-corrected chi connectivity index (χ1v) is 9.71. The summed E-state index contributed by atoms with van der Waals surface area (Å²) < 4.78 is 17.0. The van der Waals surface area contributed by atoms with Crippen LogP contribution < -0.4 is 14.2 Å². The molecule has 0 fully saturated rings. The van der Waals surface area contributed by atoms with Gasteiger partial charge in [-0.3, -0.25) is 4.79 Å². The van der Waals surface area contributed by atoms with Gasteiger partial charge in [-0.2, -0.15) is 0 Å². The van der Waals surface area contributed by atoms with Gasteiger partial charge in [0.2, 0.25) is 6.79 Å². The molecule has 0 unspecified atom stereocenters. The molecule has 0 spiro atoms. The molecule has 3 aromatic carbocycles. The lowest BCUT2D eigenvalue weighted by atomic mass is 9.81. The third-order valence-corrected chi connectivity index (χ3v) is 5.32. The minimum atomic E-state index is 0.0989. The summed E-state index contributed by atoms with van der Waals surface area (Å²) in [6.45, 7) is 0.248. The molecule has 1 aliphatic heterocycles. The zero-order valence-electron chi connectivity index (χ0n) is 15.8. The number of para-hydroxylation sites is 2. The molecule has 29 heavy (non-hydrogen) atoms. The van der Waals surface area contributed by atoms with Crippen molar-refractivity contribution < 1.29 is 19.0 Å². The predicted octanol–water partition coefficient (Wildman–Crippen LogP) is 5.74. The van der Waals surface area contributed by atoms with E-state index in [0.29, 0.717) is 6.42 Å². The summed E-state index contributed by atoms with van der Waals surface area (Å²) >= 11 is 0. The van der Waals surface area contributed by atoms with Gasteiger partial charge in [0, 0.05) is 12.0 Å². The Morgan fingerprint density at radius 2 is 1.62 bits per heavy atom. The zero-order valence-corrected chi connectivity index (χ0v) is 15.8. The Labute approximate surface area is 169 Å². The number of hydrogen-bond donors (Lipinski definition) is 0. The van der Waals surface area contributed by atoms with Gasteiger partial charge in [0.15, 0.2) is 17.3 Å². The van der Waals surface area contributed by atoms with Crippen LogP contribution >= 0.6 is 0 Å². The lowest BCUT2D eigenvalue weighted by Gasteiger charge is -2.24. The van der Waals surface area contributed by atoms with Gasteiger partial charge in [-0.25, -0.2) is 0 Å². The first-order chi connectivity index (χ1) is 14.3. The number of rotatable bonds is 4. The topological polar surface area (TPSA) is 44.8 Å². The molecule has 0 saturated carbocycles.